The molecule has 3 aromatic rings. The first-order chi connectivity index (χ1) is 15.0. The van der Waals surface area contributed by atoms with Gasteiger partial charge in [0, 0.05) is 23.1 Å². The molecule has 1 amide bonds. The number of hydrogen-bond donors (Lipinski definition) is 2. The van der Waals surface area contributed by atoms with Crippen LogP contribution in [0.4, 0.5) is 5.82 Å². The summed E-state index contributed by atoms with van der Waals surface area (Å²) in [5.74, 6) is 3.28. The van der Waals surface area contributed by atoms with Crippen LogP contribution < -0.4 is 15.6 Å². The number of carbonyl (C=O) groups is 1. The molecule has 31 heavy (non-hydrogen) atoms. The van der Waals surface area contributed by atoms with E-state index in [4.69, 9.17) is 22.8 Å². The second kappa shape index (κ2) is 9.29. The van der Waals surface area contributed by atoms with Crippen molar-refractivity contribution in [1.82, 2.24) is 9.97 Å². The summed E-state index contributed by atoms with van der Waals surface area (Å²) in [6.45, 7) is 0.173. The molecule has 156 valence electrons. The molecule has 0 spiro atoms. The number of nitrogens with one attached hydrogen (secondary N) is 2. The summed E-state index contributed by atoms with van der Waals surface area (Å²) in [6, 6.07) is 14.7. The summed E-state index contributed by atoms with van der Waals surface area (Å²) >= 11 is 7.55. The minimum atomic E-state index is -0.399. The van der Waals surface area contributed by atoms with Crippen molar-refractivity contribution in [3.05, 3.63) is 80.6 Å². The maximum atomic E-state index is 12.9. The second-order valence-corrected chi connectivity index (χ2v) is 8.25. The van der Waals surface area contributed by atoms with Crippen molar-refractivity contribution in [1.29, 1.82) is 0 Å². The van der Waals surface area contributed by atoms with E-state index >= 15 is 0 Å². The molecule has 1 aromatic heterocycles. The Morgan fingerprint density at radius 3 is 2.71 bits per heavy atom. The van der Waals surface area contributed by atoms with Crippen LogP contribution in [0.25, 0.3) is 0 Å². The standard InChI is InChI=1S/C23H18ClN3O3S/c1-2-11-30-16-9-7-14(8-10-16)17-12-19(28)25-21-20(17)22(29)27-23(26-21)31-13-15-5-3-4-6-18(15)24/h1,3-10,17H,11-13H2,(H2,25,26,27,28,29)/t17-/m0/s1. The number of ether oxygens (including phenoxy) is 1. The number of rotatable bonds is 6. The molecular weight excluding hydrogens is 434 g/mol. The number of hydrogen-bond acceptors (Lipinski definition) is 5. The van der Waals surface area contributed by atoms with E-state index in [9.17, 15) is 9.59 Å². The van der Waals surface area contributed by atoms with Gasteiger partial charge in [-0.1, -0.05) is 59.6 Å². The van der Waals surface area contributed by atoms with Gasteiger partial charge in [0.2, 0.25) is 5.91 Å². The van der Waals surface area contributed by atoms with Gasteiger partial charge in [0.05, 0.1) is 5.56 Å². The number of aromatic nitrogens is 2. The summed E-state index contributed by atoms with van der Waals surface area (Å²) in [4.78, 5) is 32.6. The number of fused-ring (bicyclic) bond motifs is 1. The number of thioether (sulfide) groups is 1. The van der Waals surface area contributed by atoms with Crippen LogP contribution in [0.2, 0.25) is 5.02 Å². The first-order valence-corrected chi connectivity index (χ1v) is 10.9. The van der Waals surface area contributed by atoms with Crippen molar-refractivity contribution in [2.24, 2.45) is 0 Å². The molecular formula is C23H18ClN3O3S. The lowest BCUT2D eigenvalue weighted by molar-refractivity contribution is -0.116. The Labute approximate surface area is 188 Å². The van der Waals surface area contributed by atoms with E-state index in [1.54, 1.807) is 12.1 Å². The molecule has 1 aliphatic heterocycles. The fourth-order valence-electron chi connectivity index (χ4n) is 3.39. The van der Waals surface area contributed by atoms with Crippen LogP contribution in [-0.2, 0) is 10.5 Å². The quantitative estimate of drug-likeness (QED) is 0.333. The zero-order valence-corrected chi connectivity index (χ0v) is 17.9. The third-order valence-corrected chi connectivity index (χ3v) is 6.15. The molecule has 8 heteroatoms. The number of halogens is 1. The van der Waals surface area contributed by atoms with Crippen LogP contribution in [0.1, 0.15) is 29.0 Å². The average Bonchev–Trinajstić information content (AvgIpc) is 2.76. The van der Waals surface area contributed by atoms with Crippen molar-refractivity contribution in [3.8, 4) is 18.1 Å². The van der Waals surface area contributed by atoms with Gasteiger partial charge in [-0.15, -0.1) is 6.42 Å². The molecule has 0 fully saturated rings. The van der Waals surface area contributed by atoms with Crippen molar-refractivity contribution in [2.45, 2.75) is 23.2 Å². The number of carbonyl (C=O) groups excluding carboxylic acids is 1. The lowest BCUT2D eigenvalue weighted by Crippen LogP contribution is -2.31. The van der Waals surface area contributed by atoms with Crippen molar-refractivity contribution < 1.29 is 9.53 Å². The van der Waals surface area contributed by atoms with Gasteiger partial charge in [-0.2, -0.15) is 0 Å². The molecule has 0 aliphatic carbocycles. The average molecular weight is 452 g/mol. The predicted octanol–water partition coefficient (Wildman–Crippen LogP) is 4.20. The molecule has 2 heterocycles. The van der Waals surface area contributed by atoms with Crippen molar-refractivity contribution >= 4 is 35.1 Å². The number of terminal acetylenes is 1. The zero-order chi connectivity index (χ0) is 21.8. The van der Waals surface area contributed by atoms with Gasteiger partial charge in [-0.05, 0) is 29.3 Å². The third kappa shape index (κ3) is 4.76. The normalized spacial score (nSPS) is 15.0. The monoisotopic (exact) mass is 451 g/mol. The molecule has 1 aliphatic rings. The Hall–Kier alpha value is -3.21. The van der Waals surface area contributed by atoms with Gasteiger partial charge in [-0.25, -0.2) is 4.98 Å². The second-order valence-electron chi connectivity index (χ2n) is 6.88. The summed E-state index contributed by atoms with van der Waals surface area (Å²) in [6.07, 6.45) is 5.37. The number of aromatic amines is 1. The maximum absolute atomic E-state index is 12.9. The van der Waals surface area contributed by atoms with Gasteiger partial charge < -0.3 is 15.0 Å². The van der Waals surface area contributed by atoms with Gasteiger partial charge in [0.25, 0.3) is 5.56 Å². The summed E-state index contributed by atoms with van der Waals surface area (Å²) in [7, 11) is 0. The van der Waals surface area contributed by atoms with E-state index in [1.165, 1.54) is 11.8 Å². The SMILES string of the molecule is C#CCOc1ccc([C@@H]2CC(=O)Nc3nc(SCc4ccccc4Cl)[nH]c(=O)c32)cc1. The lowest BCUT2D eigenvalue weighted by Gasteiger charge is -2.24. The summed E-state index contributed by atoms with van der Waals surface area (Å²) in [5, 5.41) is 3.80. The molecule has 1 atom stereocenters. The van der Waals surface area contributed by atoms with Gasteiger partial charge in [0.1, 0.15) is 18.2 Å². The van der Waals surface area contributed by atoms with Crippen LogP contribution in [0.15, 0.2) is 58.5 Å². The number of benzene rings is 2. The molecule has 0 saturated carbocycles. The Kier molecular flexibility index (Phi) is 6.31. The van der Waals surface area contributed by atoms with E-state index in [2.05, 4.69) is 21.2 Å². The Balaban J connectivity index is 1.60. The smallest absolute Gasteiger partial charge is 0.257 e. The topological polar surface area (TPSA) is 84.1 Å². The molecule has 2 aromatic carbocycles. The van der Waals surface area contributed by atoms with E-state index in [0.29, 0.717) is 33.1 Å². The van der Waals surface area contributed by atoms with E-state index in [-0.39, 0.29) is 24.5 Å². The third-order valence-electron chi connectivity index (χ3n) is 4.86. The van der Waals surface area contributed by atoms with E-state index in [0.717, 1.165) is 11.1 Å². The van der Waals surface area contributed by atoms with Crippen LogP contribution >= 0.6 is 23.4 Å². The zero-order valence-electron chi connectivity index (χ0n) is 16.4. The predicted molar refractivity (Wildman–Crippen MR) is 122 cm³/mol. The highest BCUT2D eigenvalue weighted by atomic mass is 35.5. The fourth-order valence-corrected chi connectivity index (χ4v) is 4.53. The first kappa shape index (κ1) is 21.0. The highest BCUT2D eigenvalue weighted by Gasteiger charge is 2.31. The maximum Gasteiger partial charge on any atom is 0.257 e. The van der Waals surface area contributed by atoms with Gasteiger partial charge in [0.15, 0.2) is 5.16 Å². The van der Waals surface area contributed by atoms with Crippen molar-refractivity contribution in [3.63, 3.8) is 0 Å². The van der Waals surface area contributed by atoms with Crippen LogP contribution in [0.5, 0.6) is 5.75 Å². The molecule has 0 saturated heterocycles. The van der Waals surface area contributed by atoms with Crippen molar-refractivity contribution in [2.75, 3.05) is 11.9 Å². The molecule has 6 nitrogen and oxygen atoms in total. The van der Waals surface area contributed by atoms with E-state index < -0.39 is 5.92 Å². The molecule has 4 rings (SSSR count). The highest BCUT2D eigenvalue weighted by molar-refractivity contribution is 7.98. The largest absolute Gasteiger partial charge is 0.481 e. The number of anilines is 1. The molecule has 0 unspecified atom stereocenters. The number of nitrogens with zero attached hydrogens (tertiary/aromatic N) is 1. The minimum absolute atomic E-state index is 0.161. The Morgan fingerprint density at radius 1 is 1.19 bits per heavy atom. The Bertz CT molecular complexity index is 1220. The number of H-pyrrole nitrogens is 1. The van der Waals surface area contributed by atoms with Crippen LogP contribution in [0, 0.1) is 12.3 Å². The first-order valence-electron chi connectivity index (χ1n) is 9.51. The fraction of sp³-hybridized carbons (Fsp3) is 0.174. The summed E-state index contributed by atoms with van der Waals surface area (Å²) in [5.41, 5.74) is 1.93. The minimum Gasteiger partial charge on any atom is -0.481 e. The van der Waals surface area contributed by atoms with E-state index in [1.807, 2.05) is 36.4 Å². The molecule has 2 N–H and O–H groups in total. The summed E-state index contributed by atoms with van der Waals surface area (Å²) < 4.78 is 5.39. The van der Waals surface area contributed by atoms with Crippen LogP contribution in [-0.4, -0.2) is 22.5 Å². The number of amides is 1. The van der Waals surface area contributed by atoms with Gasteiger partial charge in [-0.3, -0.25) is 9.59 Å². The van der Waals surface area contributed by atoms with Gasteiger partial charge >= 0.3 is 0 Å². The highest BCUT2D eigenvalue weighted by Crippen LogP contribution is 2.35. The lowest BCUT2D eigenvalue weighted by atomic mass is 9.87. The molecule has 0 radical (unpaired) electrons. The van der Waals surface area contributed by atoms with Crippen LogP contribution in [0.3, 0.4) is 0 Å². The molecule has 0 bridgehead atoms. The Morgan fingerprint density at radius 2 is 1.97 bits per heavy atom.